The van der Waals surface area contributed by atoms with Gasteiger partial charge < -0.3 is 5.41 Å². The Bertz CT molecular complexity index is 529. The summed E-state index contributed by atoms with van der Waals surface area (Å²) in [5.74, 6) is -3.24. The van der Waals surface area contributed by atoms with Gasteiger partial charge in [0.05, 0.1) is 6.07 Å². The molecule has 0 amide bonds. The van der Waals surface area contributed by atoms with Gasteiger partial charge in [-0.15, -0.1) is 0 Å². The molecule has 0 saturated carbocycles. The average molecular weight is 256 g/mol. The van der Waals surface area contributed by atoms with Crippen molar-refractivity contribution in [3.8, 4) is 6.07 Å². The summed E-state index contributed by atoms with van der Waals surface area (Å²) in [5.41, 5.74) is 0.724. The zero-order chi connectivity index (χ0) is 14.4. The maximum atomic E-state index is 12.1. The molecule has 0 radical (unpaired) electrons. The van der Waals surface area contributed by atoms with Crippen LogP contribution >= 0.6 is 0 Å². The predicted molar refractivity (Wildman–Crippen MR) is 72.0 cm³/mol. The summed E-state index contributed by atoms with van der Waals surface area (Å²) in [6.07, 6.45) is 0.289. The fourth-order valence-corrected chi connectivity index (χ4v) is 1.75. The minimum atomic E-state index is -1.25. The maximum Gasteiger partial charge on any atom is 0.221 e. The number of Topliss-reactive ketones (excluding diaryl/α,β-unsaturated/α-hetero) is 2. The molecule has 1 N–H and O–H groups in total. The SMILES string of the molecule is CCC(=N)C(C#N)C(=O)C(=O)C(C)c1ccccc1. The first-order valence-electron chi connectivity index (χ1n) is 6.12. The summed E-state index contributed by atoms with van der Waals surface area (Å²) >= 11 is 0. The van der Waals surface area contributed by atoms with Crippen LogP contribution in [-0.2, 0) is 9.59 Å². The third kappa shape index (κ3) is 3.35. The Morgan fingerprint density at radius 2 is 1.84 bits per heavy atom. The molecule has 4 nitrogen and oxygen atoms in total. The quantitative estimate of drug-likeness (QED) is 0.627. The number of nitrogens with one attached hydrogen (secondary N) is 1. The zero-order valence-electron chi connectivity index (χ0n) is 11.0. The molecule has 1 aromatic rings. The van der Waals surface area contributed by atoms with Crippen LogP contribution in [0.25, 0.3) is 0 Å². The van der Waals surface area contributed by atoms with Crippen LogP contribution in [0.4, 0.5) is 0 Å². The molecule has 1 aromatic carbocycles. The van der Waals surface area contributed by atoms with Crippen molar-refractivity contribution >= 4 is 17.3 Å². The second-order valence-corrected chi connectivity index (χ2v) is 4.30. The Labute approximate surface area is 112 Å². The van der Waals surface area contributed by atoms with E-state index in [9.17, 15) is 9.59 Å². The van der Waals surface area contributed by atoms with E-state index in [0.717, 1.165) is 5.56 Å². The van der Waals surface area contributed by atoms with Crippen LogP contribution in [0, 0.1) is 22.7 Å². The van der Waals surface area contributed by atoms with E-state index in [-0.39, 0.29) is 12.1 Å². The average Bonchev–Trinajstić information content (AvgIpc) is 2.46. The van der Waals surface area contributed by atoms with Crippen molar-refractivity contribution in [1.29, 1.82) is 10.7 Å². The molecular formula is C15H16N2O2. The summed E-state index contributed by atoms with van der Waals surface area (Å²) in [4.78, 5) is 24.0. The molecule has 0 saturated heterocycles. The molecule has 0 fully saturated rings. The molecule has 98 valence electrons. The van der Waals surface area contributed by atoms with Gasteiger partial charge in [0.15, 0.2) is 0 Å². The summed E-state index contributed by atoms with van der Waals surface area (Å²) in [6, 6.07) is 10.7. The molecule has 0 spiro atoms. The van der Waals surface area contributed by atoms with Crippen LogP contribution in [0.5, 0.6) is 0 Å². The number of nitriles is 1. The lowest BCUT2D eigenvalue weighted by Gasteiger charge is -2.12. The predicted octanol–water partition coefficient (Wildman–Crippen LogP) is 2.50. The number of rotatable bonds is 6. The number of nitrogens with zero attached hydrogens (tertiary/aromatic N) is 1. The summed E-state index contributed by atoms with van der Waals surface area (Å²) in [7, 11) is 0. The number of ketones is 2. The van der Waals surface area contributed by atoms with Crippen molar-refractivity contribution in [3.05, 3.63) is 35.9 Å². The van der Waals surface area contributed by atoms with Gasteiger partial charge in [-0.1, -0.05) is 44.2 Å². The van der Waals surface area contributed by atoms with Crippen molar-refractivity contribution in [2.45, 2.75) is 26.2 Å². The Hall–Kier alpha value is -2.28. The van der Waals surface area contributed by atoms with E-state index in [1.54, 1.807) is 44.2 Å². The van der Waals surface area contributed by atoms with E-state index in [0.29, 0.717) is 0 Å². The molecule has 0 heterocycles. The fourth-order valence-electron chi connectivity index (χ4n) is 1.75. The van der Waals surface area contributed by atoms with Crippen molar-refractivity contribution in [2.75, 3.05) is 0 Å². The van der Waals surface area contributed by atoms with E-state index >= 15 is 0 Å². The van der Waals surface area contributed by atoms with Crippen molar-refractivity contribution in [2.24, 2.45) is 5.92 Å². The topological polar surface area (TPSA) is 81.8 Å². The second-order valence-electron chi connectivity index (χ2n) is 4.30. The Morgan fingerprint density at radius 3 is 2.32 bits per heavy atom. The number of hydrogen-bond acceptors (Lipinski definition) is 4. The zero-order valence-corrected chi connectivity index (χ0v) is 11.0. The molecule has 2 atom stereocenters. The molecule has 0 aliphatic heterocycles. The lowest BCUT2D eigenvalue weighted by Crippen LogP contribution is -2.31. The monoisotopic (exact) mass is 256 g/mol. The van der Waals surface area contributed by atoms with Crippen LogP contribution in [0.3, 0.4) is 0 Å². The number of carbonyl (C=O) groups excluding carboxylic acids is 2. The van der Waals surface area contributed by atoms with Gasteiger partial charge in [-0.05, 0) is 12.0 Å². The van der Waals surface area contributed by atoms with Gasteiger partial charge in [-0.25, -0.2) is 0 Å². The molecule has 1 rings (SSSR count). The third-order valence-electron chi connectivity index (χ3n) is 3.06. The van der Waals surface area contributed by atoms with Crippen molar-refractivity contribution in [3.63, 3.8) is 0 Å². The van der Waals surface area contributed by atoms with Gasteiger partial charge in [0.25, 0.3) is 0 Å². The van der Waals surface area contributed by atoms with Crippen LogP contribution < -0.4 is 0 Å². The molecule has 19 heavy (non-hydrogen) atoms. The summed E-state index contributed by atoms with van der Waals surface area (Å²) in [5, 5.41) is 16.5. The van der Waals surface area contributed by atoms with Crippen molar-refractivity contribution in [1.82, 2.24) is 0 Å². The number of benzene rings is 1. The van der Waals surface area contributed by atoms with Gasteiger partial charge in [-0.2, -0.15) is 5.26 Å². The van der Waals surface area contributed by atoms with Crippen LogP contribution in [-0.4, -0.2) is 17.3 Å². The Kier molecular flexibility index (Phi) is 5.13. The van der Waals surface area contributed by atoms with Crippen LogP contribution in [0.15, 0.2) is 30.3 Å². The van der Waals surface area contributed by atoms with E-state index in [1.165, 1.54) is 0 Å². The molecule has 4 heteroatoms. The Morgan fingerprint density at radius 1 is 1.26 bits per heavy atom. The van der Waals surface area contributed by atoms with Gasteiger partial charge in [0, 0.05) is 11.6 Å². The second kappa shape index (κ2) is 6.60. The van der Waals surface area contributed by atoms with Gasteiger partial charge in [-0.3, -0.25) is 9.59 Å². The third-order valence-corrected chi connectivity index (χ3v) is 3.06. The fraction of sp³-hybridized carbons (Fsp3) is 0.333. The van der Waals surface area contributed by atoms with E-state index in [4.69, 9.17) is 10.7 Å². The normalized spacial score (nSPS) is 13.1. The maximum absolute atomic E-state index is 12.1. The number of carbonyl (C=O) groups is 2. The van der Waals surface area contributed by atoms with Crippen molar-refractivity contribution < 1.29 is 9.59 Å². The standard InChI is InChI=1S/C15H16N2O2/c1-3-13(17)12(9-16)15(19)14(18)10(2)11-7-5-4-6-8-11/h4-8,10,12,17H,3H2,1-2H3. The van der Waals surface area contributed by atoms with Crippen LogP contribution in [0.1, 0.15) is 31.7 Å². The molecular weight excluding hydrogens is 240 g/mol. The van der Waals surface area contributed by atoms with E-state index in [2.05, 4.69) is 0 Å². The van der Waals surface area contributed by atoms with Gasteiger partial charge in [0.2, 0.25) is 11.6 Å². The smallest absolute Gasteiger partial charge is 0.221 e. The lowest BCUT2D eigenvalue weighted by molar-refractivity contribution is -0.137. The van der Waals surface area contributed by atoms with Gasteiger partial charge >= 0.3 is 0 Å². The molecule has 2 unspecified atom stereocenters. The van der Waals surface area contributed by atoms with E-state index in [1.807, 2.05) is 6.07 Å². The van der Waals surface area contributed by atoms with E-state index < -0.39 is 23.4 Å². The first-order valence-corrected chi connectivity index (χ1v) is 6.12. The molecule has 0 bridgehead atoms. The molecule has 0 aromatic heterocycles. The minimum Gasteiger partial charge on any atom is -0.308 e. The minimum absolute atomic E-state index is 0.0129. The lowest BCUT2D eigenvalue weighted by atomic mass is 9.87. The first kappa shape index (κ1) is 14.8. The summed E-state index contributed by atoms with van der Waals surface area (Å²) < 4.78 is 0. The Balaban J connectivity index is 2.92. The molecule has 0 aliphatic rings. The summed E-state index contributed by atoms with van der Waals surface area (Å²) in [6.45, 7) is 3.32. The van der Waals surface area contributed by atoms with Gasteiger partial charge in [0.1, 0.15) is 5.92 Å². The van der Waals surface area contributed by atoms with Crippen LogP contribution in [0.2, 0.25) is 0 Å². The highest BCUT2D eigenvalue weighted by Gasteiger charge is 2.31. The highest BCUT2D eigenvalue weighted by atomic mass is 16.2. The highest BCUT2D eigenvalue weighted by Crippen LogP contribution is 2.18. The largest absolute Gasteiger partial charge is 0.308 e. The molecule has 0 aliphatic carbocycles. The highest BCUT2D eigenvalue weighted by molar-refractivity contribution is 6.44. The number of hydrogen-bond donors (Lipinski definition) is 1. The first-order chi connectivity index (χ1) is 9.02.